The minimum absolute atomic E-state index is 0.279. The van der Waals surface area contributed by atoms with Crippen molar-refractivity contribution in [2.75, 3.05) is 14.2 Å². The lowest BCUT2D eigenvalue weighted by molar-refractivity contribution is -0.147. The molecule has 0 amide bonds. The van der Waals surface area contributed by atoms with E-state index in [2.05, 4.69) is 14.7 Å². The Balaban J connectivity index is 2.15. The molecular weight excluding hydrogens is 346 g/mol. The number of esters is 1. The average molecular weight is 363 g/mol. The third kappa shape index (κ3) is 3.27. The molecule has 0 heterocycles. The first kappa shape index (κ1) is 19.0. The lowest BCUT2D eigenvalue weighted by Gasteiger charge is -2.11. The molecule has 2 rings (SSSR count). The summed E-state index contributed by atoms with van der Waals surface area (Å²) >= 11 is 0. The van der Waals surface area contributed by atoms with Crippen LogP contribution in [0.25, 0.3) is 0 Å². The van der Waals surface area contributed by atoms with E-state index in [1.54, 1.807) is 13.8 Å². The van der Waals surface area contributed by atoms with Gasteiger partial charge in [0.2, 0.25) is 11.6 Å². The number of ether oxygens (including phenoxy) is 2. The molecule has 5 nitrogen and oxygen atoms in total. The number of hydrogen-bond acceptors (Lipinski definition) is 5. The van der Waals surface area contributed by atoms with Crippen molar-refractivity contribution in [3.8, 4) is 5.75 Å². The summed E-state index contributed by atoms with van der Waals surface area (Å²) in [6.45, 7) is 2.60. The Hall–Kier alpha value is -2.32. The Morgan fingerprint density at radius 3 is 2.16 bits per heavy atom. The fourth-order valence-electron chi connectivity index (χ4n) is 2.73. The van der Waals surface area contributed by atoms with Crippen molar-refractivity contribution in [2.45, 2.75) is 20.5 Å². The molecule has 2 atom stereocenters. The van der Waals surface area contributed by atoms with Gasteiger partial charge in [0.15, 0.2) is 17.4 Å². The first-order valence-corrected chi connectivity index (χ1v) is 7.30. The minimum Gasteiger partial charge on any atom is -0.491 e. The molecule has 0 aliphatic heterocycles. The van der Waals surface area contributed by atoms with Crippen LogP contribution in [0.15, 0.2) is 5.16 Å². The second-order valence-electron chi connectivity index (χ2n) is 6.14. The number of rotatable bonds is 6. The lowest BCUT2D eigenvalue weighted by atomic mass is 10.1. The predicted molar refractivity (Wildman–Crippen MR) is 78.9 cm³/mol. The van der Waals surface area contributed by atoms with Gasteiger partial charge < -0.3 is 14.3 Å². The molecule has 138 valence electrons. The van der Waals surface area contributed by atoms with Gasteiger partial charge in [-0.15, -0.1) is 0 Å². The highest BCUT2D eigenvalue weighted by atomic mass is 19.2. The van der Waals surface area contributed by atoms with Crippen molar-refractivity contribution in [3.05, 3.63) is 28.8 Å². The zero-order chi connectivity index (χ0) is 18.9. The summed E-state index contributed by atoms with van der Waals surface area (Å²) in [7, 11) is 2.22. The zero-order valence-corrected chi connectivity index (χ0v) is 14.0. The number of methoxy groups -OCH3 is 1. The van der Waals surface area contributed by atoms with Gasteiger partial charge in [-0.2, -0.15) is 8.78 Å². The van der Waals surface area contributed by atoms with Gasteiger partial charge in [0, 0.05) is 12.1 Å². The second-order valence-corrected chi connectivity index (χ2v) is 6.14. The predicted octanol–water partition coefficient (Wildman–Crippen LogP) is 3.20. The van der Waals surface area contributed by atoms with Crippen LogP contribution in [0.2, 0.25) is 0 Å². The molecule has 9 heteroatoms. The van der Waals surface area contributed by atoms with Crippen molar-refractivity contribution in [1.29, 1.82) is 0 Å². The van der Waals surface area contributed by atoms with E-state index in [1.807, 2.05) is 0 Å². The molecule has 1 fully saturated rings. The van der Waals surface area contributed by atoms with Gasteiger partial charge >= 0.3 is 5.97 Å². The zero-order valence-electron chi connectivity index (χ0n) is 14.0. The van der Waals surface area contributed by atoms with E-state index >= 15 is 0 Å². The highest BCUT2D eigenvalue weighted by Gasteiger charge is 2.62. The van der Waals surface area contributed by atoms with Crippen LogP contribution < -0.4 is 4.74 Å². The van der Waals surface area contributed by atoms with Gasteiger partial charge in [-0.05, 0) is 5.41 Å². The molecule has 0 bridgehead atoms. The molecular formula is C16H17F4NO4. The van der Waals surface area contributed by atoms with Crippen molar-refractivity contribution in [3.63, 3.8) is 0 Å². The molecule has 0 saturated heterocycles. The van der Waals surface area contributed by atoms with Crippen molar-refractivity contribution in [2.24, 2.45) is 22.4 Å². The summed E-state index contributed by atoms with van der Waals surface area (Å²) in [6.07, 6.45) is 1.43. The van der Waals surface area contributed by atoms with Crippen LogP contribution >= 0.6 is 0 Å². The summed E-state index contributed by atoms with van der Waals surface area (Å²) < 4.78 is 64.1. The Morgan fingerprint density at radius 1 is 1.12 bits per heavy atom. The average Bonchev–Trinajstić information content (AvgIpc) is 3.12. The van der Waals surface area contributed by atoms with E-state index in [4.69, 9.17) is 4.74 Å². The fourth-order valence-corrected chi connectivity index (χ4v) is 2.73. The maximum Gasteiger partial charge on any atom is 0.310 e. The summed E-state index contributed by atoms with van der Waals surface area (Å²) in [6, 6.07) is 0. The van der Waals surface area contributed by atoms with Crippen molar-refractivity contribution in [1.82, 2.24) is 0 Å². The van der Waals surface area contributed by atoms with Crippen LogP contribution in [0.4, 0.5) is 17.6 Å². The smallest absolute Gasteiger partial charge is 0.310 e. The molecule has 0 unspecified atom stereocenters. The minimum atomic E-state index is -1.69. The highest BCUT2D eigenvalue weighted by Crippen LogP contribution is 2.57. The molecule has 0 radical (unpaired) electrons. The van der Waals surface area contributed by atoms with Gasteiger partial charge in [-0.25, -0.2) is 8.78 Å². The number of carbonyl (C=O) groups is 1. The summed E-state index contributed by atoms with van der Waals surface area (Å²) in [5.41, 5.74) is -1.50. The first-order valence-electron chi connectivity index (χ1n) is 7.30. The molecule has 1 aromatic rings. The SMILES string of the molecule is CON=C[C@@H]1[C@@H](C(=O)OCc2c(F)c(F)c(OC)c(F)c2F)C1(C)C. The third-order valence-corrected chi connectivity index (χ3v) is 4.37. The largest absolute Gasteiger partial charge is 0.491 e. The maximum absolute atomic E-state index is 13.9. The van der Waals surface area contributed by atoms with Gasteiger partial charge in [0.05, 0.1) is 18.6 Å². The number of oxime groups is 1. The lowest BCUT2D eigenvalue weighted by Crippen LogP contribution is -2.14. The molecule has 1 aromatic carbocycles. The van der Waals surface area contributed by atoms with Crippen molar-refractivity contribution >= 4 is 12.2 Å². The molecule has 0 aromatic heterocycles. The second kappa shape index (κ2) is 6.89. The van der Waals surface area contributed by atoms with Crippen LogP contribution in [0, 0.1) is 40.5 Å². The molecule has 1 aliphatic carbocycles. The number of carbonyl (C=O) groups excluding carboxylic acids is 1. The van der Waals surface area contributed by atoms with Crippen molar-refractivity contribution < 1.29 is 36.7 Å². The number of benzene rings is 1. The Labute approximate surface area is 141 Å². The topological polar surface area (TPSA) is 57.1 Å². The van der Waals surface area contributed by atoms with Crippen LogP contribution in [-0.2, 0) is 21.0 Å². The Kier molecular flexibility index (Phi) is 5.24. The molecule has 1 aliphatic rings. The van der Waals surface area contributed by atoms with Gasteiger partial charge in [0.1, 0.15) is 13.7 Å². The third-order valence-electron chi connectivity index (χ3n) is 4.37. The van der Waals surface area contributed by atoms with E-state index in [0.29, 0.717) is 0 Å². The standard InChI is InChI=1S/C16H17F4NO4/c1-16(2)8(5-21-24-4)9(16)15(22)25-6-7-10(17)12(19)14(23-3)13(20)11(7)18/h5,8-9H,6H2,1-4H3/t8-,9+/m1/s1. The van der Waals surface area contributed by atoms with E-state index in [-0.39, 0.29) is 5.92 Å². The molecule has 25 heavy (non-hydrogen) atoms. The van der Waals surface area contributed by atoms with Crippen LogP contribution in [-0.4, -0.2) is 26.4 Å². The normalized spacial score (nSPS) is 21.3. The summed E-state index contributed by atoms with van der Waals surface area (Å²) in [5, 5.41) is 3.59. The quantitative estimate of drug-likeness (QED) is 0.256. The Morgan fingerprint density at radius 2 is 1.68 bits per heavy atom. The van der Waals surface area contributed by atoms with Crippen LogP contribution in [0.1, 0.15) is 19.4 Å². The maximum atomic E-state index is 13.9. The number of halogens is 4. The molecule has 1 saturated carbocycles. The summed E-state index contributed by atoms with van der Waals surface area (Å²) in [5.74, 6) is -9.54. The highest BCUT2D eigenvalue weighted by molar-refractivity contribution is 5.85. The van der Waals surface area contributed by atoms with E-state index < -0.39 is 58.5 Å². The number of nitrogens with zero attached hydrogens (tertiary/aromatic N) is 1. The van der Waals surface area contributed by atoms with E-state index in [0.717, 1.165) is 7.11 Å². The van der Waals surface area contributed by atoms with Gasteiger partial charge in [0.25, 0.3) is 0 Å². The van der Waals surface area contributed by atoms with E-state index in [1.165, 1.54) is 13.3 Å². The van der Waals surface area contributed by atoms with Gasteiger partial charge in [-0.3, -0.25) is 4.79 Å². The monoisotopic (exact) mass is 363 g/mol. The van der Waals surface area contributed by atoms with Crippen LogP contribution in [0.3, 0.4) is 0 Å². The van der Waals surface area contributed by atoms with Crippen LogP contribution in [0.5, 0.6) is 5.75 Å². The molecule has 0 spiro atoms. The molecule has 0 N–H and O–H groups in total. The van der Waals surface area contributed by atoms with Gasteiger partial charge in [-0.1, -0.05) is 19.0 Å². The Bertz CT molecular complexity index is 692. The van der Waals surface area contributed by atoms with E-state index in [9.17, 15) is 22.4 Å². The summed E-state index contributed by atoms with van der Waals surface area (Å²) in [4.78, 5) is 16.6. The fraction of sp³-hybridized carbons (Fsp3) is 0.500. The first-order chi connectivity index (χ1) is 11.7. The number of hydrogen-bond donors (Lipinski definition) is 0.